The van der Waals surface area contributed by atoms with E-state index in [1.807, 2.05) is 0 Å². The molecule has 0 rings (SSSR count). The Kier molecular flexibility index (Phi) is 3.50. The summed E-state index contributed by atoms with van der Waals surface area (Å²) in [5.41, 5.74) is -1.01. The average Bonchev–Trinajstić information content (AvgIpc) is 1.79. The third kappa shape index (κ3) is 5.39. The summed E-state index contributed by atoms with van der Waals surface area (Å²) in [7, 11) is 0. The zero-order valence-electron chi connectivity index (χ0n) is 7.77. The summed E-state index contributed by atoms with van der Waals surface area (Å²) in [6.45, 7) is 4.27. The van der Waals surface area contributed by atoms with Crippen molar-refractivity contribution in [3.05, 3.63) is 0 Å². The van der Waals surface area contributed by atoms with Gasteiger partial charge in [0.05, 0.1) is 0 Å². The van der Waals surface area contributed by atoms with Crippen LogP contribution in [0, 0.1) is 0 Å². The number of hydrogen-bond donors (Lipinski definition) is 0. The van der Waals surface area contributed by atoms with Crippen molar-refractivity contribution in [2.45, 2.75) is 32.5 Å². The minimum absolute atomic E-state index is 1.01. The van der Waals surface area contributed by atoms with Crippen LogP contribution in [0.5, 0.6) is 0 Å². The highest BCUT2D eigenvalue weighted by Gasteiger charge is 2.43. The molecule has 0 radical (unpaired) electrons. The Labute approximate surface area is 78.0 Å². The van der Waals surface area contributed by atoms with Gasteiger partial charge in [0.1, 0.15) is 5.60 Å². The molecule has 0 aromatic heterocycles. The molecule has 0 fully saturated rings. The Morgan fingerprint density at radius 3 is 1.79 bits per heavy atom. The van der Waals surface area contributed by atoms with E-state index in [-0.39, 0.29) is 0 Å². The lowest BCUT2D eigenvalue weighted by Gasteiger charge is -2.18. The maximum atomic E-state index is 11.6. The molecule has 7 heteroatoms. The summed E-state index contributed by atoms with van der Waals surface area (Å²) in [6, 6.07) is 0. The molecule has 0 aliphatic heterocycles. The molecule has 0 aliphatic rings. The van der Waals surface area contributed by atoms with Crippen LogP contribution in [0.4, 0.5) is 18.0 Å². The van der Waals surface area contributed by atoms with E-state index in [1.165, 1.54) is 20.8 Å². The molecule has 0 atom stereocenters. The van der Waals surface area contributed by atoms with Gasteiger partial charge < -0.3 is 9.47 Å². The smallest absolute Gasteiger partial charge is 0.428 e. The highest BCUT2D eigenvalue weighted by Crippen LogP contribution is 2.17. The minimum atomic E-state index is -5.20. The van der Waals surface area contributed by atoms with Crippen LogP contribution in [-0.2, 0) is 14.3 Å². The quantitative estimate of drug-likeness (QED) is 0.457. The van der Waals surface area contributed by atoms with Crippen LogP contribution in [0.3, 0.4) is 0 Å². The molecule has 0 saturated heterocycles. The van der Waals surface area contributed by atoms with Gasteiger partial charge in [-0.05, 0) is 20.8 Å². The van der Waals surface area contributed by atoms with Gasteiger partial charge >= 0.3 is 18.3 Å². The lowest BCUT2D eigenvalue weighted by molar-refractivity contribution is -0.196. The molecule has 0 saturated carbocycles. The zero-order chi connectivity index (χ0) is 11.6. The normalized spacial score (nSPS) is 12.1. The number of alkyl halides is 3. The van der Waals surface area contributed by atoms with Gasteiger partial charge in [-0.15, -0.1) is 0 Å². The van der Waals surface area contributed by atoms with Crippen molar-refractivity contribution in [1.82, 2.24) is 0 Å². The summed E-state index contributed by atoms with van der Waals surface area (Å²) >= 11 is 0. The minimum Gasteiger partial charge on any atom is -0.428 e. The van der Waals surface area contributed by atoms with Crippen LogP contribution in [0.25, 0.3) is 0 Å². The van der Waals surface area contributed by atoms with Crippen molar-refractivity contribution in [3.8, 4) is 0 Å². The summed E-state index contributed by atoms with van der Waals surface area (Å²) in [5, 5.41) is 0. The molecule has 0 heterocycles. The molecule has 14 heavy (non-hydrogen) atoms. The molecule has 0 amide bonds. The van der Waals surface area contributed by atoms with Gasteiger partial charge in [0.2, 0.25) is 0 Å². The number of carbonyl (C=O) groups excluding carboxylic acids is 2. The number of hydrogen-bond acceptors (Lipinski definition) is 4. The molecule has 0 unspecified atom stereocenters. The molecule has 0 N–H and O–H groups in total. The van der Waals surface area contributed by atoms with Gasteiger partial charge in [0.25, 0.3) is 0 Å². The lowest BCUT2D eigenvalue weighted by Crippen LogP contribution is -2.31. The second-order valence-electron chi connectivity index (χ2n) is 3.35. The average molecular weight is 214 g/mol. The van der Waals surface area contributed by atoms with Gasteiger partial charge in [-0.2, -0.15) is 13.2 Å². The van der Waals surface area contributed by atoms with Gasteiger partial charge in [-0.25, -0.2) is 9.59 Å². The first-order valence-electron chi connectivity index (χ1n) is 3.54. The molecule has 0 aromatic carbocycles. The van der Waals surface area contributed by atoms with E-state index >= 15 is 0 Å². The first kappa shape index (κ1) is 12.7. The Morgan fingerprint density at radius 2 is 1.50 bits per heavy atom. The maximum absolute atomic E-state index is 11.6. The van der Waals surface area contributed by atoms with Crippen molar-refractivity contribution in [2.24, 2.45) is 0 Å². The fraction of sp³-hybridized carbons (Fsp3) is 0.714. The van der Waals surface area contributed by atoms with Gasteiger partial charge in [0, 0.05) is 0 Å². The van der Waals surface area contributed by atoms with Crippen LogP contribution >= 0.6 is 0 Å². The summed E-state index contributed by atoms with van der Waals surface area (Å²) in [4.78, 5) is 20.7. The predicted molar refractivity (Wildman–Crippen MR) is 38.4 cm³/mol. The molecule has 0 bridgehead atoms. The molecular weight excluding hydrogens is 205 g/mol. The van der Waals surface area contributed by atoms with Crippen LogP contribution in [0.2, 0.25) is 0 Å². The van der Waals surface area contributed by atoms with E-state index in [2.05, 4.69) is 9.47 Å². The zero-order valence-corrected chi connectivity index (χ0v) is 7.77. The fourth-order valence-corrected chi connectivity index (χ4v) is 0.404. The maximum Gasteiger partial charge on any atom is 0.516 e. The first-order valence-corrected chi connectivity index (χ1v) is 3.54. The highest BCUT2D eigenvalue weighted by molar-refractivity contribution is 5.85. The van der Waals surface area contributed by atoms with Gasteiger partial charge in [0.15, 0.2) is 0 Å². The Bertz CT molecular complexity index is 238. The van der Waals surface area contributed by atoms with Crippen molar-refractivity contribution < 1.29 is 32.2 Å². The Hall–Kier alpha value is -1.27. The standard InChI is InChI=1S/C7H9F3O4/c1-6(2,3)14-5(12)13-4(11)7(8,9)10/h1-3H3. The summed E-state index contributed by atoms with van der Waals surface area (Å²) < 4.78 is 42.4. The fourth-order valence-electron chi connectivity index (χ4n) is 0.404. The van der Waals surface area contributed by atoms with E-state index in [0.29, 0.717) is 0 Å². The van der Waals surface area contributed by atoms with Gasteiger partial charge in [-0.1, -0.05) is 0 Å². The summed E-state index contributed by atoms with van der Waals surface area (Å²) in [6.07, 6.45) is -6.86. The van der Waals surface area contributed by atoms with Crippen LogP contribution in [-0.4, -0.2) is 23.9 Å². The van der Waals surface area contributed by atoms with Crippen LogP contribution in [0.1, 0.15) is 20.8 Å². The van der Waals surface area contributed by atoms with Gasteiger partial charge in [-0.3, -0.25) is 0 Å². The molecule has 0 aromatic rings. The van der Waals surface area contributed by atoms with Crippen LogP contribution in [0.15, 0.2) is 0 Å². The van der Waals surface area contributed by atoms with E-state index in [9.17, 15) is 22.8 Å². The van der Waals surface area contributed by atoms with Crippen molar-refractivity contribution >= 4 is 12.1 Å². The molecule has 0 spiro atoms. The lowest BCUT2D eigenvalue weighted by atomic mass is 10.2. The van der Waals surface area contributed by atoms with E-state index in [4.69, 9.17) is 0 Å². The van der Waals surface area contributed by atoms with Crippen molar-refractivity contribution in [2.75, 3.05) is 0 Å². The first-order chi connectivity index (χ1) is 6.02. The second-order valence-corrected chi connectivity index (χ2v) is 3.35. The third-order valence-corrected chi connectivity index (χ3v) is 0.797. The highest BCUT2D eigenvalue weighted by atomic mass is 19.4. The Morgan fingerprint density at radius 1 is 1.07 bits per heavy atom. The topological polar surface area (TPSA) is 52.6 Å². The number of carbonyl (C=O) groups is 2. The monoisotopic (exact) mass is 214 g/mol. The van der Waals surface area contributed by atoms with E-state index < -0.39 is 23.9 Å². The van der Waals surface area contributed by atoms with E-state index in [1.54, 1.807) is 0 Å². The SMILES string of the molecule is CC(C)(C)OC(=O)OC(=O)C(F)(F)F. The summed E-state index contributed by atoms with van der Waals surface area (Å²) in [5.74, 6) is -2.59. The Balaban J connectivity index is 4.16. The number of halogens is 3. The van der Waals surface area contributed by atoms with Crippen molar-refractivity contribution in [1.29, 1.82) is 0 Å². The largest absolute Gasteiger partial charge is 0.516 e. The van der Waals surface area contributed by atoms with E-state index in [0.717, 1.165) is 0 Å². The van der Waals surface area contributed by atoms with Crippen molar-refractivity contribution in [3.63, 3.8) is 0 Å². The third-order valence-electron chi connectivity index (χ3n) is 0.797. The number of esters is 1. The molecule has 4 nitrogen and oxygen atoms in total. The second kappa shape index (κ2) is 3.85. The predicted octanol–water partition coefficient (Wildman–Crippen LogP) is 2.03. The molecular formula is C7H9F3O4. The number of ether oxygens (including phenoxy) is 2. The number of rotatable bonds is 0. The molecule has 0 aliphatic carbocycles. The van der Waals surface area contributed by atoms with Crippen LogP contribution < -0.4 is 0 Å². The molecule has 82 valence electrons.